The van der Waals surface area contributed by atoms with Crippen molar-refractivity contribution in [1.82, 2.24) is 30.3 Å². The number of rotatable bonds is 21. The molecule has 3 rings (SSSR count). The van der Waals surface area contributed by atoms with Crippen molar-refractivity contribution in [3.05, 3.63) is 52.5 Å². The Morgan fingerprint density at radius 2 is 1.68 bits per heavy atom. The van der Waals surface area contributed by atoms with Crippen molar-refractivity contribution < 1.29 is 33.8 Å². The molecule has 2 heterocycles. The van der Waals surface area contributed by atoms with E-state index in [9.17, 15) is 24.3 Å². The molecule has 2 aromatic rings. The van der Waals surface area contributed by atoms with Gasteiger partial charge in [0.25, 0.3) is 0 Å². The molecule has 1 aliphatic rings. The highest BCUT2D eigenvalue weighted by Crippen LogP contribution is 2.31. The lowest BCUT2D eigenvalue weighted by Crippen LogP contribution is -2.64. The van der Waals surface area contributed by atoms with Crippen LogP contribution in [0.15, 0.2) is 41.9 Å². The molecule has 13 nitrogen and oxygen atoms in total. The molecule has 1 saturated heterocycles. The molecule has 0 spiro atoms. The number of nitrogens with one attached hydrogen (secondary N) is 2. The van der Waals surface area contributed by atoms with Crippen molar-refractivity contribution in [2.45, 2.75) is 129 Å². The summed E-state index contributed by atoms with van der Waals surface area (Å²) in [6, 6.07) is 6.98. The normalized spacial score (nSPS) is 19.1. The largest absolute Gasteiger partial charge is 0.388 e. The maximum Gasteiger partial charge on any atom is 0.248 e. The Balaban J connectivity index is 1.81. The van der Waals surface area contributed by atoms with E-state index in [1.54, 1.807) is 44.2 Å². The molecule has 0 bridgehead atoms. The third-order valence-electron chi connectivity index (χ3n) is 11.3. The zero-order valence-electron chi connectivity index (χ0n) is 35.7. The zero-order valence-corrected chi connectivity index (χ0v) is 36.5. The lowest BCUT2D eigenvalue weighted by Gasteiger charge is -2.42. The number of likely N-dealkylation sites (tertiary alicyclic amines) is 1. The molecule has 56 heavy (non-hydrogen) atoms. The molecule has 1 fully saturated rings. The standard InChI is InChI=1S/C42H68N6O7S/c1-13-27(4)35(47(10)41(52)37(42(6,7)53)45-39(51)34(26(2)3)46(8)9)32(54-11)25-33(49)48-22-17-20-31(48)36(55-12)28(5)38(50)44-30(40-43-21-23-56-40)24-29-18-15-14-16-19-29/h14-16,18-19,21,23,26-28,30-32,34-37,53H,13,17,20,22,24-25H2,1-12H3,(H,44,50)(H,45,51)/t27-,28+,30-,31-,32+,34?,35-,36+,37+/m0/s1. The van der Waals surface area contributed by atoms with E-state index >= 15 is 0 Å². The van der Waals surface area contributed by atoms with Crippen molar-refractivity contribution in [2.75, 3.05) is 41.9 Å². The minimum absolute atomic E-state index is 0.0184. The zero-order chi connectivity index (χ0) is 41.9. The van der Waals surface area contributed by atoms with Gasteiger partial charge in [-0.2, -0.15) is 0 Å². The van der Waals surface area contributed by atoms with Crippen LogP contribution in [0.2, 0.25) is 0 Å². The van der Waals surface area contributed by atoms with Gasteiger partial charge in [0.05, 0.1) is 54.3 Å². The number of amides is 4. The van der Waals surface area contributed by atoms with E-state index in [2.05, 4.69) is 15.6 Å². The van der Waals surface area contributed by atoms with Crippen molar-refractivity contribution >= 4 is 35.0 Å². The summed E-state index contributed by atoms with van der Waals surface area (Å²) in [5.74, 6) is -1.90. The molecule has 14 heteroatoms. The number of carbonyl (C=O) groups excluding carboxylic acids is 4. The third kappa shape index (κ3) is 12.0. The van der Waals surface area contributed by atoms with E-state index in [1.165, 1.54) is 37.2 Å². The summed E-state index contributed by atoms with van der Waals surface area (Å²) in [6.45, 7) is 13.2. The smallest absolute Gasteiger partial charge is 0.248 e. The van der Waals surface area contributed by atoms with E-state index < -0.39 is 47.8 Å². The van der Waals surface area contributed by atoms with Gasteiger partial charge in [0.2, 0.25) is 23.6 Å². The summed E-state index contributed by atoms with van der Waals surface area (Å²) in [4.78, 5) is 65.6. The summed E-state index contributed by atoms with van der Waals surface area (Å²) in [6.07, 6.45) is 3.14. The Hall–Kier alpha value is -3.43. The van der Waals surface area contributed by atoms with Crippen LogP contribution in [0, 0.1) is 17.8 Å². The average molecular weight is 801 g/mol. The molecule has 1 aliphatic heterocycles. The number of methoxy groups -OCH3 is 2. The highest BCUT2D eigenvalue weighted by Gasteiger charge is 2.45. The van der Waals surface area contributed by atoms with Crippen LogP contribution in [-0.4, -0.2) is 132 Å². The second kappa shape index (κ2) is 21.4. The van der Waals surface area contributed by atoms with Gasteiger partial charge in [-0.1, -0.05) is 71.4 Å². The lowest BCUT2D eigenvalue weighted by atomic mass is 9.88. The Bertz CT molecular complexity index is 1530. The monoisotopic (exact) mass is 800 g/mol. The molecule has 1 aromatic heterocycles. The van der Waals surface area contributed by atoms with Crippen LogP contribution in [0.25, 0.3) is 0 Å². The van der Waals surface area contributed by atoms with Gasteiger partial charge >= 0.3 is 0 Å². The van der Waals surface area contributed by atoms with E-state index in [0.29, 0.717) is 25.8 Å². The predicted octanol–water partition coefficient (Wildman–Crippen LogP) is 4.31. The number of likely N-dealkylation sites (N-methyl/N-ethyl adjacent to an activating group) is 2. The third-order valence-corrected chi connectivity index (χ3v) is 12.2. The molecular formula is C42H68N6O7S. The van der Waals surface area contributed by atoms with Crippen LogP contribution >= 0.6 is 11.3 Å². The van der Waals surface area contributed by atoms with E-state index in [1.807, 2.05) is 70.3 Å². The molecular weight excluding hydrogens is 733 g/mol. The van der Waals surface area contributed by atoms with Crippen LogP contribution in [0.3, 0.4) is 0 Å². The number of ether oxygens (including phenoxy) is 2. The van der Waals surface area contributed by atoms with Crippen molar-refractivity contribution in [2.24, 2.45) is 17.8 Å². The quantitative estimate of drug-likeness (QED) is 0.168. The van der Waals surface area contributed by atoms with Crippen LogP contribution in [0.5, 0.6) is 0 Å². The number of aliphatic hydroxyl groups is 1. The maximum atomic E-state index is 14.3. The number of thiazole rings is 1. The second-order valence-electron chi connectivity index (χ2n) is 16.5. The first-order valence-electron chi connectivity index (χ1n) is 19.9. The van der Waals surface area contributed by atoms with Gasteiger partial charge < -0.3 is 35.0 Å². The Labute approximate surface area is 338 Å². The van der Waals surface area contributed by atoms with Crippen LogP contribution in [-0.2, 0) is 35.1 Å². The highest BCUT2D eigenvalue weighted by molar-refractivity contribution is 7.09. The van der Waals surface area contributed by atoms with E-state index in [4.69, 9.17) is 9.47 Å². The van der Waals surface area contributed by atoms with Gasteiger partial charge in [-0.05, 0) is 64.6 Å². The van der Waals surface area contributed by atoms with Crippen LogP contribution in [0.4, 0.5) is 0 Å². The number of aromatic nitrogens is 1. The number of benzene rings is 1. The van der Waals surface area contributed by atoms with E-state index in [-0.39, 0.29) is 48.1 Å². The molecule has 1 aromatic carbocycles. The molecule has 0 radical (unpaired) electrons. The fourth-order valence-corrected chi connectivity index (χ4v) is 8.86. The van der Waals surface area contributed by atoms with Crippen molar-refractivity contribution in [3.63, 3.8) is 0 Å². The molecule has 3 N–H and O–H groups in total. The molecule has 314 valence electrons. The molecule has 0 aliphatic carbocycles. The summed E-state index contributed by atoms with van der Waals surface area (Å²) in [7, 11) is 8.36. The Morgan fingerprint density at radius 1 is 1.02 bits per heavy atom. The first kappa shape index (κ1) is 46.9. The fraction of sp³-hybridized carbons (Fsp3) is 0.690. The molecule has 0 saturated carbocycles. The van der Waals surface area contributed by atoms with Gasteiger partial charge in [-0.25, -0.2) is 4.98 Å². The Morgan fingerprint density at radius 3 is 2.20 bits per heavy atom. The number of carbonyl (C=O) groups is 4. The minimum atomic E-state index is -1.59. The maximum absolute atomic E-state index is 14.3. The van der Waals surface area contributed by atoms with E-state index in [0.717, 1.165) is 17.0 Å². The molecule has 1 unspecified atom stereocenters. The topological polar surface area (TPSA) is 154 Å². The second-order valence-corrected chi connectivity index (χ2v) is 17.4. The van der Waals surface area contributed by atoms with Crippen LogP contribution < -0.4 is 10.6 Å². The number of nitrogens with zero attached hydrogens (tertiary/aromatic N) is 4. The van der Waals surface area contributed by atoms with Gasteiger partial charge in [-0.3, -0.25) is 24.1 Å². The van der Waals surface area contributed by atoms with Gasteiger partial charge in [-0.15, -0.1) is 11.3 Å². The molecule has 9 atom stereocenters. The SMILES string of the molecule is CC[C@H](C)[C@@H]([C@@H](CC(=O)N1CCC[C@H]1[C@H](OC)[C@@H](C)C(=O)N[C@@H](Cc1ccccc1)c1nccs1)OC)N(C)C(=O)[C@@H](NC(=O)C(C(C)C)N(C)C)C(C)(C)O. The number of hydrogen-bond donors (Lipinski definition) is 3. The van der Waals surface area contributed by atoms with Gasteiger partial charge in [0.15, 0.2) is 0 Å². The summed E-state index contributed by atoms with van der Waals surface area (Å²) >= 11 is 1.49. The van der Waals surface area contributed by atoms with Crippen LogP contribution in [0.1, 0.15) is 90.8 Å². The minimum Gasteiger partial charge on any atom is -0.388 e. The summed E-state index contributed by atoms with van der Waals surface area (Å²) in [5.41, 5.74) is -0.507. The van der Waals surface area contributed by atoms with Crippen molar-refractivity contribution in [1.29, 1.82) is 0 Å². The Kier molecular flexibility index (Phi) is 17.9. The van der Waals surface area contributed by atoms with Gasteiger partial charge in [0, 0.05) is 39.4 Å². The summed E-state index contributed by atoms with van der Waals surface area (Å²) in [5, 5.41) is 20.0. The first-order chi connectivity index (χ1) is 26.4. The first-order valence-corrected chi connectivity index (χ1v) is 20.8. The molecule has 4 amide bonds. The fourth-order valence-electron chi connectivity index (χ4n) is 8.17. The average Bonchev–Trinajstić information content (AvgIpc) is 3.86. The van der Waals surface area contributed by atoms with Gasteiger partial charge in [0.1, 0.15) is 11.0 Å². The summed E-state index contributed by atoms with van der Waals surface area (Å²) < 4.78 is 12.0. The number of hydrogen-bond acceptors (Lipinski definition) is 10. The van der Waals surface area contributed by atoms with Crippen molar-refractivity contribution in [3.8, 4) is 0 Å². The predicted molar refractivity (Wildman–Crippen MR) is 220 cm³/mol. The lowest BCUT2D eigenvalue weighted by molar-refractivity contribution is -0.151. The highest BCUT2D eigenvalue weighted by atomic mass is 32.1.